The van der Waals surface area contributed by atoms with E-state index >= 15 is 0 Å². The van der Waals surface area contributed by atoms with Crippen molar-refractivity contribution in [2.24, 2.45) is 0 Å². The molecule has 1 aromatic carbocycles. The summed E-state index contributed by atoms with van der Waals surface area (Å²) in [6.45, 7) is 5.93. The lowest BCUT2D eigenvalue weighted by Crippen LogP contribution is -2.25. The van der Waals surface area contributed by atoms with Crippen LogP contribution in [-0.4, -0.2) is 28.0 Å². The second-order valence-electron chi connectivity index (χ2n) is 5.02. The van der Waals surface area contributed by atoms with Gasteiger partial charge in [0.15, 0.2) is 0 Å². The zero-order valence-electron chi connectivity index (χ0n) is 13.4. The molecule has 24 heavy (non-hydrogen) atoms. The highest BCUT2D eigenvalue weighted by Crippen LogP contribution is 2.17. The summed E-state index contributed by atoms with van der Waals surface area (Å²) in [5.41, 5.74) is -0.774. The number of aromatic amines is 2. The first-order valence-electron chi connectivity index (χ1n) is 7.50. The van der Waals surface area contributed by atoms with Crippen molar-refractivity contribution in [3.63, 3.8) is 0 Å². The Hall–Kier alpha value is -3.16. The topological polar surface area (TPSA) is 112 Å². The summed E-state index contributed by atoms with van der Waals surface area (Å²) in [4.78, 5) is 39.3. The second kappa shape index (κ2) is 7.40. The maximum atomic E-state index is 11.5. The van der Waals surface area contributed by atoms with Gasteiger partial charge in [-0.1, -0.05) is 18.2 Å². The molecule has 2 aromatic rings. The lowest BCUT2D eigenvalue weighted by atomic mass is 10.1. The average molecular weight is 330 g/mol. The van der Waals surface area contributed by atoms with Gasteiger partial charge in [-0.25, -0.2) is 4.79 Å². The van der Waals surface area contributed by atoms with Crippen LogP contribution in [0, 0.1) is 10.1 Å². The van der Waals surface area contributed by atoms with Crippen molar-refractivity contribution < 1.29 is 4.92 Å². The fourth-order valence-corrected chi connectivity index (χ4v) is 2.36. The van der Waals surface area contributed by atoms with Crippen LogP contribution in [0.4, 0.5) is 11.4 Å². The highest BCUT2D eigenvalue weighted by Gasteiger charge is 2.18. The Balaban J connectivity index is 2.33. The molecule has 8 nitrogen and oxygen atoms in total. The Morgan fingerprint density at radius 2 is 1.71 bits per heavy atom. The number of nitro groups is 1. The lowest BCUT2D eigenvalue weighted by Gasteiger charge is -2.20. The van der Waals surface area contributed by atoms with Crippen molar-refractivity contribution in [1.29, 1.82) is 0 Å². The minimum Gasteiger partial charge on any atom is -0.372 e. The fraction of sp³-hybridized carbons (Fsp3) is 0.250. The summed E-state index contributed by atoms with van der Waals surface area (Å²) in [6.07, 6.45) is 2.95. The minimum absolute atomic E-state index is 0.137. The van der Waals surface area contributed by atoms with Crippen LogP contribution < -0.4 is 16.1 Å². The number of anilines is 1. The van der Waals surface area contributed by atoms with Gasteiger partial charge < -0.3 is 9.88 Å². The SMILES string of the molecule is CCN(CC)c1ccc(C=Cc2[nH]c(=O)[nH]c(=O)c2[N+](=O)[O-])cc1. The van der Waals surface area contributed by atoms with Crippen molar-refractivity contribution >= 4 is 23.5 Å². The van der Waals surface area contributed by atoms with E-state index in [4.69, 9.17) is 0 Å². The van der Waals surface area contributed by atoms with Crippen LogP contribution >= 0.6 is 0 Å². The van der Waals surface area contributed by atoms with Gasteiger partial charge in [0.2, 0.25) is 0 Å². The predicted octanol–water partition coefficient (Wildman–Crippen LogP) is 1.99. The van der Waals surface area contributed by atoms with Crippen LogP contribution in [0.15, 0.2) is 33.9 Å². The van der Waals surface area contributed by atoms with E-state index in [0.29, 0.717) is 0 Å². The number of aromatic nitrogens is 2. The minimum atomic E-state index is -1.03. The van der Waals surface area contributed by atoms with Crippen LogP contribution in [0.2, 0.25) is 0 Å². The van der Waals surface area contributed by atoms with E-state index < -0.39 is 21.9 Å². The van der Waals surface area contributed by atoms with Crippen LogP contribution in [0.3, 0.4) is 0 Å². The number of hydrogen-bond donors (Lipinski definition) is 2. The van der Waals surface area contributed by atoms with Gasteiger partial charge in [0.1, 0.15) is 5.69 Å². The fourth-order valence-electron chi connectivity index (χ4n) is 2.36. The van der Waals surface area contributed by atoms with Gasteiger partial charge >= 0.3 is 16.9 Å². The Labute approximate surface area is 137 Å². The van der Waals surface area contributed by atoms with E-state index in [2.05, 4.69) is 23.7 Å². The number of hydrogen-bond acceptors (Lipinski definition) is 5. The van der Waals surface area contributed by atoms with Gasteiger partial charge in [-0.3, -0.25) is 19.9 Å². The highest BCUT2D eigenvalue weighted by atomic mass is 16.6. The van der Waals surface area contributed by atoms with Crippen molar-refractivity contribution in [3.05, 3.63) is 66.5 Å². The Morgan fingerprint density at radius 1 is 1.08 bits per heavy atom. The molecule has 0 saturated heterocycles. The molecule has 0 radical (unpaired) electrons. The van der Waals surface area contributed by atoms with Crippen molar-refractivity contribution in [3.8, 4) is 0 Å². The molecule has 1 aromatic heterocycles. The average Bonchev–Trinajstić information content (AvgIpc) is 2.54. The summed E-state index contributed by atoms with van der Waals surface area (Å²) >= 11 is 0. The quantitative estimate of drug-likeness (QED) is 0.621. The molecule has 0 aliphatic rings. The van der Waals surface area contributed by atoms with Crippen LogP contribution in [0.25, 0.3) is 12.2 Å². The Morgan fingerprint density at radius 3 is 2.25 bits per heavy atom. The molecule has 1 heterocycles. The number of benzene rings is 1. The molecule has 0 spiro atoms. The smallest absolute Gasteiger partial charge is 0.357 e. The Bertz CT molecular complexity index is 861. The first-order valence-corrected chi connectivity index (χ1v) is 7.50. The maximum absolute atomic E-state index is 11.5. The van der Waals surface area contributed by atoms with E-state index in [9.17, 15) is 19.7 Å². The zero-order valence-corrected chi connectivity index (χ0v) is 13.4. The van der Waals surface area contributed by atoms with E-state index in [1.807, 2.05) is 29.2 Å². The molecule has 8 heteroatoms. The third-order valence-corrected chi connectivity index (χ3v) is 3.59. The molecule has 2 rings (SSSR count). The maximum Gasteiger partial charge on any atom is 0.357 e. The van der Waals surface area contributed by atoms with E-state index in [-0.39, 0.29) is 5.69 Å². The molecule has 0 saturated carbocycles. The number of nitrogens with one attached hydrogen (secondary N) is 2. The molecule has 0 unspecified atom stereocenters. The van der Waals surface area contributed by atoms with E-state index in [0.717, 1.165) is 24.3 Å². The summed E-state index contributed by atoms with van der Waals surface area (Å²) in [5.74, 6) is 0. The molecule has 0 atom stereocenters. The lowest BCUT2D eigenvalue weighted by molar-refractivity contribution is -0.386. The van der Waals surface area contributed by atoms with Gasteiger partial charge in [0.05, 0.1) is 4.92 Å². The molecule has 0 aliphatic carbocycles. The number of nitrogens with zero attached hydrogens (tertiary/aromatic N) is 2. The standard InChI is InChI=1S/C16H18N4O4/c1-3-19(4-2)12-8-5-11(6-9-12)7-10-13-14(20(23)24)15(21)18-16(22)17-13/h5-10H,3-4H2,1-2H3,(H2,17,18,21,22). The zero-order chi connectivity index (χ0) is 17.7. The molecule has 0 fully saturated rings. The molecule has 0 bridgehead atoms. The van der Waals surface area contributed by atoms with Gasteiger partial charge in [0.25, 0.3) is 0 Å². The van der Waals surface area contributed by atoms with Crippen LogP contribution in [-0.2, 0) is 0 Å². The number of H-pyrrole nitrogens is 2. The van der Waals surface area contributed by atoms with Gasteiger partial charge in [-0.15, -0.1) is 0 Å². The summed E-state index contributed by atoms with van der Waals surface area (Å²) in [6, 6.07) is 7.62. The van der Waals surface area contributed by atoms with Gasteiger partial charge in [-0.05, 0) is 37.6 Å². The van der Waals surface area contributed by atoms with E-state index in [1.54, 1.807) is 6.08 Å². The summed E-state index contributed by atoms with van der Waals surface area (Å²) in [5, 5.41) is 11.0. The Kier molecular flexibility index (Phi) is 5.31. The summed E-state index contributed by atoms with van der Waals surface area (Å²) in [7, 11) is 0. The monoisotopic (exact) mass is 330 g/mol. The molecule has 0 aliphatic heterocycles. The molecule has 126 valence electrons. The van der Waals surface area contributed by atoms with Crippen molar-refractivity contribution in [2.45, 2.75) is 13.8 Å². The summed E-state index contributed by atoms with van der Waals surface area (Å²) < 4.78 is 0. The molecular formula is C16H18N4O4. The molecule has 2 N–H and O–H groups in total. The first kappa shape index (κ1) is 17.2. The normalized spacial score (nSPS) is 10.9. The van der Waals surface area contributed by atoms with Gasteiger partial charge in [0, 0.05) is 18.8 Å². The predicted molar refractivity (Wildman–Crippen MR) is 93.3 cm³/mol. The molecule has 0 amide bonds. The number of rotatable bonds is 6. The molecular weight excluding hydrogens is 312 g/mol. The van der Waals surface area contributed by atoms with E-state index in [1.165, 1.54) is 6.08 Å². The largest absolute Gasteiger partial charge is 0.372 e. The third kappa shape index (κ3) is 3.78. The van der Waals surface area contributed by atoms with Gasteiger partial charge in [-0.2, -0.15) is 0 Å². The highest BCUT2D eigenvalue weighted by molar-refractivity contribution is 5.72. The first-order chi connectivity index (χ1) is 11.5. The van der Waals surface area contributed by atoms with Crippen molar-refractivity contribution in [2.75, 3.05) is 18.0 Å². The second-order valence-corrected chi connectivity index (χ2v) is 5.02. The van der Waals surface area contributed by atoms with Crippen molar-refractivity contribution in [1.82, 2.24) is 9.97 Å². The third-order valence-electron chi connectivity index (χ3n) is 3.59. The van der Waals surface area contributed by atoms with Crippen LogP contribution in [0.5, 0.6) is 0 Å². The van der Waals surface area contributed by atoms with Crippen LogP contribution in [0.1, 0.15) is 25.1 Å².